The van der Waals surface area contributed by atoms with Crippen molar-refractivity contribution in [3.63, 3.8) is 0 Å². The highest BCUT2D eigenvalue weighted by molar-refractivity contribution is 5.85. The molecule has 0 amide bonds. The van der Waals surface area contributed by atoms with E-state index in [1.54, 1.807) is 0 Å². The Kier molecular flexibility index (Phi) is 4.59. The minimum absolute atomic E-state index is 0. The number of alkyl halides is 3. The summed E-state index contributed by atoms with van der Waals surface area (Å²) >= 11 is 0. The van der Waals surface area contributed by atoms with Crippen molar-refractivity contribution in [1.82, 2.24) is 0 Å². The van der Waals surface area contributed by atoms with Gasteiger partial charge in [0.15, 0.2) is 0 Å². The number of hydrogen-bond donors (Lipinski definition) is 1. The summed E-state index contributed by atoms with van der Waals surface area (Å²) in [6.07, 6.45) is -4.45. The molecule has 0 aliphatic rings. The Morgan fingerprint density at radius 1 is 1.20 bits per heavy atom. The average molecular weight is 237 g/mol. The number of halogens is 4. The van der Waals surface area contributed by atoms with Crippen molar-refractivity contribution in [2.45, 2.75) is 12.2 Å². The van der Waals surface area contributed by atoms with Crippen LogP contribution in [-0.2, 0) is 0 Å². The van der Waals surface area contributed by atoms with Gasteiger partial charge in [-0.15, -0.1) is 12.4 Å². The Morgan fingerprint density at radius 3 is 2.00 bits per heavy atom. The second kappa shape index (κ2) is 5.01. The highest BCUT2D eigenvalue weighted by atomic mass is 35.5. The highest BCUT2D eigenvalue weighted by Gasteiger charge is 2.37. The summed E-state index contributed by atoms with van der Waals surface area (Å²) in [4.78, 5) is 0. The van der Waals surface area contributed by atoms with Gasteiger partial charge in [0, 0.05) is 0 Å². The zero-order valence-corrected chi connectivity index (χ0v) is 8.27. The van der Waals surface area contributed by atoms with Gasteiger partial charge < -0.3 is 5.73 Å². The van der Waals surface area contributed by atoms with Crippen LogP contribution in [0, 0.1) is 11.3 Å². The van der Waals surface area contributed by atoms with E-state index in [0.717, 1.165) is 0 Å². The van der Waals surface area contributed by atoms with Crippen molar-refractivity contribution in [1.29, 1.82) is 5.26 Å². The standard InChI is InChI=1S/C9H7F3N2.ClH/c10-9(11,12)8(14)7-3-1-6(5-13)2-4-7;/h1-4,8H,14H2;1H. The minimum Gasteiger partial charge on any atom is -0.316 e. The van der Waals surface area contributed by atoms with Gasteiger partial charge in [0.2, 0.25) is 0 Å². The normalized spacial score (nSPS) is 12.5. The molecule has 0 bridgehead atoms. The van der Waals surface area contributed by atoms with E-state index >= 15 is 0 Å². The molecule has 1 unspecified atom stereocenters. The Labute approximate surface area is 90.9 Å². The van der Waals surface area contributed by atoms with E-state index in [1.165, 1.54) is 24.3 Å². The summed E-state index contributed by atoms with van der Waals surface area (Å²) in [5, 5.41) is 8.42. The van der Waals surface area contributed by atoms with E-state index in [4.69, 9.17) is 11.0 Å². The van der Waals surface area contributed by atoms with E-state index in [2.05, 4.69) is 0 Å². The smallest absolute Gasteiger partial charge is 0.316 e. The Morgan fingerprint density at radius 2 is 1.67 bits per heavy atom. The maximum Gasteiger partial charge on any atom is 0.407 e. The van der Waals surface area contributed by atoms with E-state index in [-0.39, 0.29) is 18.0 Å². The van der Waals surface area contributed by atoms with Crippen LogP contribution in [0.5, 0.6) is 0 Å². The number of benzene rings is 1. The van der Waals surface area contributed by atoms with Crippen LogP contribution in [0.4, 0.5) is 13.2 Å². The average Bonchev–Trinajstić information content (AvgIpc) is 2.15. The number of nitrogens with two attached hydrogens (primary N) is 1. The Hall–Kier alpha value is -1.25. The van der Waals surface area contributed by atoms with E-state index in [1.807, 2.05) is 6.07 Å². The maximum absolute atomic E-state index is 12.1. The fourth-order valence-corrected chi connectivity index (χ4v) is 0.954. The van der Waals surface area contributed by atoms with Crippen LogP contribution in [0.25, 0.3) is 0 Å². The molecule has 1 atom stereocenters. The molecule has 0 aromatic heterocycles. The molecule has 2 nitrogen and oxygen atoms in total. The van der Waals surface area contributed by atoms with Crippen LogP contribution in [0.2, 0.25) is 0 Å². The molecule has 0 radical (unpaired) electrons. The summed E-state index contributed by atoms with van der Waals surface area (Å²) in [7, 11) is 0. The second-order valence-corrected chi connectivity index (χ2v) is 2.75. The van der Waals surface area contributed by atoms with Gasteiger partial charge in [0.05, 0.1) is 11.6 Å². The summed E-state index contributed by atoms with van der Waals surface area (Å²) in [5.41, 5.74) is 5.22. The van der Waals surface area contributed by atoms with Crippen molar-refractivity contribution in [2.24, 2.45) is 5.73 Å². The molecule has 1 aromatic carbocycles. The third kappa shape index (κ3) is 3.42. The fourth-order valence-electron chi connectivity index (χ4n) is 0.954. The molecule has 0 aliphatic carbocycles. The molecular weight excluding hydrogens is 229 g/mol. The largest absolute Gasteiger partial charge is 0.407 e. The van der Waals surface area contributed by atoms with Crippen LogP contribution in [-0.4, -0.2) is 6.18 Å². The van der Waals surface area contributed by atoms with Crippen LogP contribution in [0.3, 0.4) is 0 Å². The van der Waals surface area contributed by atoms with Gasteiger partial charge in [0.1, 0.15) is 6.04 Å². The van der Waals surface area contributed by atoms with Crippen LogP contribution < -0.4 is 5.73 Å². The molecule has 1 rings (SSSR count). The number of hydrogen-bond acceptors (Lipinski definition) is 2. The summed E-state index contributed by atoms with van der Waals surface area (Å²) < 4.78 is 36.4. The molecule has 0 heterocycles. The van der Waals surface area contributed by atoms with Gasteiger partial charge in [-0.2, -0.15) is 18.4 Å². The SMILES string of the molecule is Cl.N#Cc1ccc(C(N)C(F)(F)F)cc1. The van der Waals surface area contributed by atoms with E-state index in [9.17, 15) is 13.2 Å². The van der Waals surface area contributed by atoms with Gasteiger partial charge in [-0.3, -0.25) is 0 Å². The molecule has 1 aromatic rings. The van der Waals surface area contributed by atoms with Crippen molar-refractivity contribution < 1.29 is 13.2 Å². The van der Waals surface area contributed by atoms with Crippen LogP contribution >= 0.6 is 12.4 Å². The lowest BCUT2D eigenvalue weighted by Crippen LogP contribution is -2.28. The zero-order chi connectivity index (χ0) is 10.8. The summed E-state index contributed by atoms with van der Waals surface area (Å²) in [5.74, 6) is 0. The molecule has 6 heteroatoms. The molecule has 0 saturated heterocycles. The van der Waals surface area contributed by atoms with Gasteiger partial charge in [-0.05, 0) is 17.7 Å². The zero-order valence-electron chi connectivity index (χ0n) is 7.45. The predicted octanol–water partition coefficient (Wildman–Crippen LogP) is 2.54. The first-order chi connectivity index (χ1) is 6.45. The molecule has 0 saturated carbocycles. The molecule has 2 N–H and O–H groups in total. The van der Waals surface area contributed by atoms with Gasteiger partial charge in [-0.1, -0.05) is 12.1 Å². The Bertz CT molecular complexity index is 353. The van der Waals surface area contributed by atoms with Gasteiger partial charge >= 0.3 is 6.18 Å². The number of rotatable bonds is 1. The summed E-state index contributed by atoms with van der Waals surface area (Å²) in [6.45, 7) is 0. The highest BCUT2D eigenvalue weighted by Crippen LogP contribution is 2.30. The topological polar surface area (TPSA) is 49.8 Å². The minimum atomic E-state index is -4.45. The number of nitrogens with zero attached hydrogens (tertiary/aromatic N) is 1. The fraction of sp³-hybridized carbons (Fsp3) is 0.222. The first kappa shape index (κ1) is 13.8. The van der Waals surface area contributed by atoms with Crippen molar-refractivity contribution in [3.05, 3.63) is 35.4 Å². The lowest BCUT2D eigenvalue weighted by atomic mass is 10.1. The lowest BCUT2D eigenvalue weighted by Gasteiger charge is -2.15. The lowest BCUT2D eigenvalue weighted by molar-refractivity contribution is -0.149. The third-order valence-corrected chi connectivity index (χ3v) is 1.75. The van der Waals surface area contributed by atoms with E-state index in [0.29, 0.717) is 5.56 Å². The molecule has 0 fully saturated rings. The monoisotopic (exact) mass is 236 g/mol. The van der Waals surface area contributed by atoms with Gasteiger partial charge in [-0.25, -0.2) is 0 Å². The first-order valence-corrected chi connectivity index (χ1v) is 3.77. The van der Waals surface area contributed by atoms with Crippen LogP contribution in [0.15, 0.2) is 24.3 Å². The molecule has 15 heavy (non-hydrogen) atoms. The third-order valence-electron chi connectivity index (χ3n) is 1.75. The van der Waals surface area contributed by atoms with Gasteiger partial charge in [0.25, 0.3) is 0 Å². The van der Waals surface area contributed by atoms with E-state index < -0.39 is 12.2 Å². The molecule has 0 spiro atoms. The Balaban J connectivity index is 0.00000196. The summed E-state index contributed by atoms with van der Waals surface area (Å²) in [6, 6.07) is 4.84. The van der Waals surface area contributed by atoms with Crippen molar-refractivity contribution in [3.8, 4) is 6.07 Å². The number of nitriles is 1. The molecular formula is C9H8ClF3N2. The van der Waals surface area contributed by atoms with Crippen LogP contribution in [0.1, 0.15) is 17.2 Å². The molecule has 0 aliphatic heterocycles. The molecule has 82 valence electrons. The maximum atomic E-state index is 12.1. The quantitative estimate of drug-likeness (QED) is 0.815. The predicted molar refractivity (Wildman–Crippen MR) is 51.4 cm³/mol. The van der Waals surface area contributed by atoms with Crippen molar-refractivity contribution >= 4 is 12.4 Å². The second-order valence-electron chi connectivity index (χ2n) is 2.75. The van der Waals surface area contributed by atoms with Crippen molar-refractivity contribution in [2.75, 3.05) is 0 Å². The first-order valence-electron chi connectivity index (χ1n) is 3.77.